The zero-order valence-corrected chi connectivity index (χ0v) is 19.4. The number of hydrogen-bond acceptors (Lipinski definition) is 4. The van der Waals surface area contributed by atoms with Gasteiger partial charge in [0.25, 0.3) is 0 Å². The quantitative estimate of drug-likeness (QED) is 0.768. The molecule has 1 heterocycles. The van der Waals surface area contributed by atoms with Crippen LogP contribution in [-0.4, -0.2) is 49.4 Å². The van der Waals surface area contributed by atoms with Crippen LogP contribution in [0, 0.1) is 20.8 Å². The van der Waals surface area contributed by atoms with Gasteiger partial charge in [-0.1, -0.05) is 35.9 Å². The lowest BCUT2D eigenvalue weighted by molar-refractivity contribution is -0.133. The van der Waals surface area contributed by atoms with E-state index in [0.29, 0.717) is 5.69 Å². The number of benzene rings is 2. The second kappa shape index (κ2) is 8.43. The van der Waals surface area contributed by atoms with Gasteiger partial charge in [-0.3, -0.25) is 14.5 Å². The van der Waals surface area contributed by atoms with Gasteiger partial charge < -0.3 is 5.32 Å². The van der Waals surface area contributed by atoms with E-state index in [9.17, 15) is 18.0 Å². The Morgan fingerprint density at radius 1 is 1.06 bits per heavy atom. The molecule has 0 aliphatic carbocycles. The summed E-state index contributed by atoms with van der Waals surface area (Å²) in [5, 5.41) is 2.89. The third-order valence-corrected chi connectivity index (χ3v) is 7.02. The van der Waals surface area contributed by atoms with Crippen molar-refractivity contribution in [1.29, 1.82) is 0 Å². The van der Waals surface area contributed by atoms with E-state index >= 15 is 0 Å². The van der Waals surface area contributed by atoms with E-state index in [-0.39, 0.29) is 19.6 Å². The number of hydrogen-bond donors (Lipinski definition) is 1. The maximum atomic E-state index is 13.4. The smallest absolute Gasteiger partial charge is 0.247 e. The third kappa shape index (κ3) is 4.80. The molecule has 31 heavy (non-hydrogen) atoms. The van der Waals surface area contributed by atoms with Crippen molar-refractivity contribution in [1.82, 2.24) is 9.62 Å². The summed E-state index contributed by atoms with van der Waals surface area (Å²) in [5.41, 5.74) is 3.26. The first-order valence-electron chi connectivity index (χ1n) is 10.1. The van der Waals surface area contributed by atoms with E-state index in [2.05, 4.69) is 5.32 Å². The Balaban J connectivity index is 1.97. The zero-order chi connectivity index (χ0) is 23.0. The van der Waals surface area contributed by atoms with E-state index in [0.717, 1.165) is 32.8 Å². The first kappa shape index (κ1) is 23.0. The molecular weight excluding hydrogens is 414 g/mol. The fourth-order valence-electron chi connectivity index (χ4n) is 3.75. The lowest BCUT2D eigenvalue weighted by Crippen LogP contribution is -2.70. The van der Waals surface area contributed by atoms with Gasteiger partial charge in [0.2, 0.25) is 21.8 Å². The minimum atomic E-state index is -3.65. The summed E-state index contributed by atoms with van der Waals surface area (Å²) in [7, 11) is -3.65. The van der Waals surface area contributed by atoms with Crippen LogP contribution in [0.2, 0.25) is 0 Å². The molecule has 2 aromatic rings. The number of nitrogens with zero attached hydrogens (tertiary/aromatic N) is 2. The Bertz CT molecular complexity index is 1110. The number of carbonyl (C=O) groups excluding carboxylic acids is 2. The fraction of sp³-hybridized carbons (Fsp3) is 0.391. The van der Waals surface area contributed by atoms with Crippen LogP contribution in [0.15, 0.2) is 42.5 Å². The monoisotopic (exact) mass is 443 g/mol. The van der Waals surface area contributed by atoms with Crippen LogP contribution in [0.3, 0.4) is 0 Å². The predicted molar refractivity (Wildman–Crippen MR) is 121 cm³/mol. The minimum absolute atomic E-state index is 0.121. The number of piperazine rings is 1. The average Bonchev–Trinajstić information content (AvgIpc) is 2.68. The number of amides is 2. The molecule has 0 spiro atoms. The van der Waals surface area contributed by atoms with Gasteiger partial charge in [-0.15, -0.1) is 0 Å². The normalized spacial score (nSPS) is 20.0. The lowest BCUT2D eigenvalue weighted by atomic mass is 9.93. The van der Waals surface area contributed by atoms with Gasteiger partial charge in [0, 0.05) is 18.8 Å². The zero-order valence-electron chi connectivity index (χ0n) is 18.6. The Hall–Kier alpha value is -2.71. The number of rotatable bonds is 5. The molecule has 1 aliphatic heterocycles. The lowest BCUT2D eigenvalue weighted by Gasteiger charge is -2.46. The molecule has 1 atom stereocenters. The van der Waals surface area contributed by atoms with Crippen LogP contribution in [0.4, 0.5) is 5.69 Å². The average molecular weight is 444 g/mol. The molecule has 0 bridgehead atoms. The van der Waals surface area contributed by atoms with Crippen LogP contribution in [0.25, 0.3) is 0 Å². The van der Waals surface area contributed by atoms with Crippen LogP contribution < -0.4 is 10.2 Å². The Labute approximate surface area is 184 Å². The van der Waals surface area contributed by atoms with Crippen molar-refractivity contribution in [3.8, 4) is 0 Å². The van der Waals surface area contributed by atoms with Crippen molar-refractivity contribution in [2.75, 3.05) is 24.2 Å². The van der Waals surface area contributed by atoms with E-state index in [1.807, 2.05) is 57.2 Å². The number of anilines is 1. The largest absolute Gasteiger partial charge is 0.350 e. The molecule has 2 amide bonds. The van der Waals surface area contributed by atoms with Crippen molar-refractivity contribution >= 4 is 27.5 Å². The molecule has 1 N–H and O–H groups in total. The molecule has 1 fully saturated rings. The molecule has 7 nitrogen and oxygen atoms in total. The molecule has 1 saturated heterocycles. The fourth-order valence-corrected chi connectivity index (χ4v) is 4.58. The molecule has 2 aromatic carbocycles. The maximum absolute atomic E-state index is 13.4. The van der Waals surface area contributed by atoms with Crippen LogP contribution >= 0.6 is 0 Å². The van der Waals surface area contributed by atoms with Crippen LogP contribution in [0.1, 0.15) is 29.2 Å². The third-order valence-electron chi connectivity index (χ3n) is 5.82. The predicted octanol–water partition coefficient (Wildman–Crippen LogP) is 2.30. The van der Waals surface area contributed by atoms with Gasteiger partial charge in [0.1, 0.15) is 5.54 Å². The molecule has 1 aliphatic rings. The Kier molecular flexibility index (Phi) is 6.25. The van der Waals surface area contributed by atoms with Gasteiger partial charge in [0.05, 0.1) is 12.8 Å². The molecule has 3 rings (SSSR count). The molecule has 166 valence electrons. The minimum Gasteiger partial charge on any atom is -0.350 e. The second-order valence-electron chi connectivity index (χ2n) is 8.47. The van der Waals surface area contributed by atoms with E-state index < -0.39 is 27.4 Å². The number of sulfonamides is 1. The standard InChI is InChI=1S/C23H29N3O4S/c1-16-6-9-19(10-7-16)13-24-22(28)23(4)15-25(31(5,29)30)14-21(27)26(23)20-11-8-17(2)18(3)12-20/h6-12H,13-15H2,1-5H3,(H,24,28)/t23-/m0/s1. The summed E-state index contributed by atoms with van der Waals surface area (Å²) in [6.45, 7) is 7.36. The number of nitrogens with one attached hydrogen (secondary N) is 1. The molecule has 0 saturated carbocycles. The highest BCUT2D eigenvalue weighted by atomic mass is 32.2. The topological polar surface area (TPSA) is 86.8 Å². The summed E-state index contributed by atoms with van der Waals surface area (Å²) in [6.07, 6.45) is 1.05. The van der Waals surface area contributed by atoms with Crippen molar-refractivity contribution in [2.45, 2.75) is 39.8 Å². The number of carbonyl (C=O) groups is 2. The molecule has 0 aromatic heterocycles. The van der Waals surface area contributed by atoms with Gasteiger partial charge in [-0.05, 0) is 56.5 Å². The van der Waals surface area contributed by atoms with Crippen LogP contribution in [-0.2, 0) is 26.2 Å². The summed E-state index contributed by atoms with van der Waals surface area (Å²) in [4.78, 5) is 27.9. The van der Waals surface area contributed by atoms with Gasteiger partial charge in [0.15, 0.2) is 0 Å². The Morgan fingerprint density at radius 3 is 2.29 bits per heavy atom. The highest BCUT2D eigenvalue weighted by Gasteiger charge is 2.50. The summed E-state index contributed by atoms with van der Waals surface area (Å²) < 4.78 is 25.5. The van der Waals surface area contributed by atoms with Crippen molar-refractivity contribution in [2.24, 2.45) is 0 Å². The second-order valence-corrected chi connectivity index (χ2v) is 10.5. The van der Waals surface area contributed by atoms with Gasteiger partial charge in [-0.25, -0.2) is 8.42 Å². The van der Waals surface area contributed by atoms with Gasteiger partial charge in [-0.2, -0.15) is 4.31 Å². The summed E-state index contributed by atoms with van der Waals surface area (Å²) in [6, 6.07) is 13.3. The maximum Gasteiger partial charge on any atom is 0.247 e. The van der Waals surface area contributed by atoms with Crippen molar-refractivity contribution < 1.29 is 18.0 Å². The highest BCUT2D eigenvalue weighted by molar-refractivity contribution is 7.88. The summed E-state index contributed by atoms with van der Waals surface area (Å²) in [5.74, 6) is -0.846. The van der Waals surface area contributed by atoms with Crippen molar-refractivity contribution in [3.05, 3.63) is 64.7 Å². The molecular formula is C23H29N3O4S. The van der Waals surface area contributed by atoms with Gasteiger partial charge >= 0.3 is 0 Å². The first-order chi connectivity index (χ1) is 14.4. The first-order valence-corrected chi connectivity index (χ1v) is 12.0. The SMILES string of the molecule is Cc1ccc(CNC(=O)[C@]2(C)CN(S(C)(=O)=O)CC(=O)N2c2ccc(C)c(C)c2)cc1. The van der Waals surface area contributed by atoms with Crippen LogP contribution in [0.5, 0.6) is 0 Å². The Morgan fingerprint density at radius 2 is 1.71 bits per heavy atom. The molecule has 0 unspecified atom stereocenters. The molecule has 0 radical (unpaired) electrons. The molecule has 8 heteroatoms. The summed E-state index contributed by atoms with van der Waals surface area (Å²) >= 11 is 0. The van der Waals surface area contributed by atoms with Crippen molar-refractivity contribution in [3.63, 3.8) is 0 Å². The van der Waals surface area contributed by atoms with E-state index in [1.165, 1.54) is 4.90 Å². The highest BCUT2D eigenvalue weighted by Crippen LogP contribution is 2.31. The number of aryl methyl sites for hydroxylation is 3. The van der Waals surface area contributed by atoms with E-state index in [4.69, 9.17) is 0 Å². The van der Waals surface area contributed by atoms with E-state index in [1.54, 1.807) is 13.0 Å².